The number of pyridine rings is 1. The number of nitrogens with one attached hydrogen (secondary N) is 1. The maximum absolute atomic E-state index is 13.4. The van der Waals surface area contributed by atoms with Gasteiger partial charge in [0.15, 0.2) is 0 Å². The summed E-state index contributed by atoms with van der Waals surface area (Å²) >= 11 is 0. The minimum atomic E-state index is -0.233. The molecule has 1 saturated carbocycles. The van der Waals surface area contributed by atoms with E-state index in [2.05, 4.69) is 29.0 Å². The number of piperazine rings is 1. The third-order valence-electron chi connectivity index (χ3n) is 5.26. The van der Waals surface area contributed by atoms with Crippen LogP contribution < -0.4 is 5.32 Å². The molecule has 1 aromatic heterocycles. The lowest BCUT2D eigenvalue weighted by molar-refractivity contribution is 0.0259. The summed E-state index contributed by atoms with van der Waals surface area (Å²) in [7, 11) is 0. The van der Waals surface area contributed by atoms with Crippen molar-refractivity contribution in [2.24, 2.45) is 5.92 Å². The van der Waals surface area contributed by atoms with Crippen molar-refractivity contribution >= 4 is 0 Å². The van der Waals surface area contributed by atoms with E-state index in [1.54, 1.807) is 12.3 Å². The fraction of sp³-hybridized carbons (Fsp3) is 0.706. The maximum atomic E-state index is 13.4. The van der Waals surface area contributed by atoms with E-state index in [0.29, 0.717) is 12.0 Å². The van der Waals surface area contributed by atoms with Crippen LogP contribution in [-0.4, -0.2) is 34.6 Å². The van der Waals surface area contributed by atoms with Gasteiger partial charge in [-0.15, -0.1) is 0 Å². The molecule has 4 heteroatoms. The Bertz CT molecular complexity index is 483. The summed E-state index contributed by atoms with van der Waals surface area (Å²) in [6.45, 7) is 7.47. The molecule has 2 aliphatic rings. The minimum Gasteiger partial charge on any atom is -0.311 e. The van der Waals surface area contributed by atoms with Crippen LogP contribution in [0.5, 0.6) is 0 Å². The normalized spacial score (nSPS) is 25.8. The van der Waals surface area contributed by atoms with Gasteiger partial charge < -0.3 is 5.32 Å². The van der Waals surface area contributed by atoms with Gasteiger partial charge in [-0.05, 0) is 30.4 Å². The van der Waals surface area contributed by atoms with Gasteiger partial charge in [0, 0.05) is 37.4 Å². The van der Waals surface area contributed by atoms with Crippen molar-refractivity contribution in [3.8, 4) is 0 Å². The monoisotopic (exact) mass is 291 g/mol. The van der Waals surface area contributed by atoms with Crippen LogP contribution in [0.1, 0.15) is 45.1 Å². The zero-order valence-electron chi connectivity index (χ0n) is 13.1. The molecule has 1 spiro atoms. The van der Waals surface area contributed by atoms with Gasteiger partial charge in [0.05, 0.1) is 6.20 Å². The van der Waals surface area contributed by atoms with Crippen LogP contribution in [0.4, 0.5) is 4.39 Å². The van der Waals surface area contributed by atoms with Crippen LogP contribution in [0.15, 0.2) is 18.5 Å². The zero-order valence-corrected chi connectivity index (χ0v) is 13.1. The second-order valence-electron chi connectivity index (χ2n) is 7.05. The van der Waals surface area contributed by atoms with Crippen LogP contribution in [0, 0.1) is 11.7 Å². The van der Waals surface area contributed by atoms with E-state index in [9.17, 15) is 4.39 Å². The smallest absolute Gasteiger partial charge is 0.141 e. The standard InChI is InChI=1S/C17H26FN3/c1-13(2)16-11-21(10-14-7-15(18)9-19-8-14)17(12-20-16)5-3-4-6-17/h7-9,13,16,20H,3-6,10-12H2,1-2H3. The average Bonchev–Trinajstić information content (AvgIpc) is 2.91. The fourth-order valence-corrected chi connectivity index (χ4v) is 3.90. The van der Waals surface area contributed by atoms with Crippen molar-refractivity contribution in [2.45, 2.75) is 57.7 Å². The molecule has 2 fully saturated rings. The third kappa shape index (κ3) is 3.11. The lowest BCUT2D eigenvalue weighted by atomic mass is 9.88. The molecular formula is C17H26FN3. The number of nitrogens with zero attached hydrogens (tertiary/aromatic N) is 2. The van der Waals surface area contributed by atoms with Crippen molar-refractivity contribution in [3.05, 3.63) is 29.8 Å². The lowest BCUT2D eigenvalue weighted by Crippen LogP contribution is -2.64. The first-order valence-electron chi connectivity index (χ1n) is 8.17. The summed E-state index contributed by atoms with van der Waals surface area (Å²) in [5.74, 6) is 0.389. The Kier molecular flexibility index (Phi) is 4.27. The van der Waals surface area contributed by atoms with Gasteiger partial charge in [-0.1, -0.05) is 26.7 Å². The van der Waals surface area contributed by atoms with Crippen LogP contribution >= 0.6 is 0 Å². The molecule has 1 aliphatic carbocycles. The zero-order chi connectivity index (χ0) is 14.9. The number of rotatable bonds is 3. The highest BCUT2D eigenvalue weighted by Gasteiger charge is 2.43. The Labute approximate surface area is 126 Å². The van der Waals surface area contributed by atoms with Crippen molar-refractivity contribution in [1.82, 2.24) is 15.2 Å². The summed E-state index contributed by atoms with van der Waals surface area (Å²) in [5, 5.41) is 3.75. The lowest BCUT2D eigenvalue weighted by Gasteiger charge is -2.49. The first-order valence-corrected chi connectivity index (χ1v) is 8.17. The van der Waals surface area contributed by atoms with E-state index in [4.69, 9.17) is 0 Å². The number of halogens is 1. The van der Waals surface area contributed by atoms with E-state index in [1.165, 1.54) is 31.9 Å². The molecule has 1 saturated heterocycles. The third-order valence-corrected chi connectivity index (χ3v) is 5.26. The van der Waals surface area contributed by atoms with E-state index in [-0.39, 0.29) is 11.4 Å². The largest absolute Gasteiger partial charge is 0.311 e. The molecule has 3 nitrogen and oxygen atoms in total. The topological polar surface area (TPSA) is 28.2 Å². The molecule has 116 valence electrons. The van der Waals surface area contributed by atoms with Gasteiger partial charge in [-0.2, -0.15) is 0 Å². The van der Waals surface area contributed by atoms with E-state index >= 15 is 0 Å². The van der Waals surface area contributed by atoms with Crippen molar-refractivity contribution in [2.75, 3.05) is 13.1 Å². The Morgan fingerprint density at radius 1 is 1.38 bits per heavy atom. The summed E-state index contributed by atoms with van der Waals surface area (Å²) in [4.78, 5) is 6.60. The molecule has 2 heterocycles. The molecule has 1 aromatic rings. The van der Waals surface area contributed by atoms with Gasteiger partial charge in [-0.25, -0.2) is 4.39 Å². The number of aromatic nitrogens is 1. The SMILES string of the molecule is CC(C)C1CN(Cc2cncc(F)c2)C2(CCCC2)CN1. The van der Waals surface area contributed by atoms with E-state index < -0.39 is 0 Å². The average molecular weight is 291 g/mol. The number of hydrogen-bond acceptors (Lipinski definition) is 3. The van der Waals surface area contributed by atoms with Crippen molar-refractivity contribution in [1.29, 1.82) is 0 Å². The summed E-state index contributed by atoms with van der Waals surface area (Å²) < 4.78 is 13.4. The molecule has 3 rings (SSSR count). The van der Waals surface area contributed by atoms with E-state index in [1.807, 2.05) is 0 Å². The first kappa shape index (κ1) is 14.9. The first-order chi connectivity index (χ1) is 10.1. The predicted octanol–water partition coefficient (Wildman–Crippen LogP) is 2.96. The maximum Gasteiger partial charge on any atom is 0.141 e. The molecule has 1 aliphatic heterocycles. The van der Waals surface area contributed by atoms with Gasteiger partial charge in [0.25, 0.3) is 0 Å². The van der Waals surface area contributed by atoms with Crippen LogP contribution in [-0.2, 0) is 6.54 Å². The van der Waals surface area contributed by atoms with Crippen LogP contribution in [0.3, 0.4) is 0 Å². The van der Waals surface area contributed by atoms with Crippen molar-refractivity contribution < 1.29 is 4.39 Å². The molecule has 1 N–H and O–H groups in total. The molecule has 1 atom stereocenters. The molecular weight excluding hydrogens is 265 g/mol. The number of hydrogen-bond donors (Lipinski definition) is 1. The highest BCUT2D eigenvalue weighted by Crippen LogP contribution is 2.38. The van der Waals surface area contributed by atoms with Crippen LogP contribution in [0.25, 0.3) is 0 Å². The predicted molar refractivity (Wildman–Crippen MR) is 82.4 cm³/mol. The minimum absolute atomic E-state index is 0.233. The van der Waals surface area contributed by atoms with E-state index in [0.717, 1.165) is 25.2 Å². The van der Waals surface area contributed by atoms with Gasteiger partial charge in [0.2, 0.25) is 0 Å². The Hall–Kier alpha value is -1.00. The quantitative estimate of drug-likeness (QED) is 0.928. The summed E-state index contributed by atoms with van der Waals surface area (Å²) in [6.07, 6.45) is 8.22. The molecule has 0 amide bonds. The highest BCUT2D eigenvalue weighted by atomic mass is 19.1. The molecule has 0 bridgehead atoms. The molecule has 0 radical (unpaired) electrons. The Morgan fingerprint density at radius 2 is 2.14 bits per heavy atom. The summed E-state index contributed by atoms with van der Waals surface area (Å²) in [6, 6.07) is 2.15. The molecule has 0 aromatic carbocycles. The summed E-state index contributed by atoms with van der Waals surface area (Å²) in [5.41, 5.74) is 1.27. The molecule has 1 unspecified atom stereocenters. The fourth-order valence-electron chi connectivity index (χ4n) is 3.90. The van der Waals surface area contributed by atoms with Gasteiger partial charge in [0.1, 0.15) is 5.82 Å². The second-order valence-corrected chi connectivity index (χ2v) is 7.05. The van der Waals surface area contributed by atoms with Crippen molar-refractivity contribution in [3.63, 3.8) is 0 Å². The van der Waals surface area contributed by atoms with Crippen LogP contribution in [0.2, 0.25) is 0 Å². The highest BCUT2D eigenvalue weighted by molar-refractivity contribution is 5.13. The molecule has 21 heavy (non-hydrogen) atoms. The van der Waals surface area contributed by atoms with Gasteiger partial charge >= 0.3 is 0 Å². The Balaban J connectivity index is 1.79. The van der Waals surface area contributed by atoms with Gasteiger partial charge in [-0.3, -0.25) is 9.88 Å². The Morgan fingerprint density at radius 3 is 2.81 bits per heavy atom. The second kappa shape index (κ2) is 6.01.